The highest BCUT2D eigenvalue weighted by Gasteiger charge is 2.34. The van der Waals surface area contributed by atoms with Crippen LogP contribution >= 0.6 is 0 Å². The van der Waals surface area contributed by atoms with Crippen LogP contribution in [0.15, 0.2) is 0 Å². The Labute approximate surface area is 102 Å². The van der Waals surface area contributed by atoms with Crippen molar-refractivity contribution in [2.24, 2.45) is 0 Å². The van der Waals surface area contributed by atoms with Crippen LogP contribution in [0.2, 0.25) is 0 Å². The largest absolute Gasteiger partial charge is 0.321 e. The molecule has 1 heterocycles. The fraction of sp³-hybridized carbons (Fsp3) is 0.750. The maximum absolute atomic E-state index is 11.9. The third-order valence-electron chi connectivity index (χ3n) is 2.96. The van der Waals surface area contributed by atoms with Crippen LogP contribution in [-0.2, 0) is 14.4 Å². The van der Waals surface area contributed by atoms with Crippen LogP contribution in [0.4, 0.5) is 0 Å². The van der Waals surface area contributed by atoms with Gasteiger partial charge in [0.1, 0.15) is 12.6 Å². The van der Waals surface area contributed by atoms with E-state index in [1.165, 1.54) is 4.90 Å². The van der Waals surface area contributed by atoms with E-state index >= 15 is 0 Å². The number of rotatable bonds is 5. The predicted molar refractivity (Wildman–Crippen MR) is 63.1 cm³/mol. The van der Waals surface area contributed by atoms with E-state index in [0.29, 0.717) is 12.8 Å². The summed E-state index contributed by atoms with van der Waals surface area (Å²) in [6.45, 7) is 3.92. The molecule has 1 N–H and O–H groups in total. The van der Waals surface area contributed by atoms with Crippen molar-refractivity contribution in [3.8, 4) is 0 Å². The maximum atomic E-state index is 11.9. The van der Waals surface area contributed by atoms with E-state index in [4.69, 9.17) is 0 Å². The first-order valence-electron chi connectivity index (χ1n) is 6.23. The fourth-order valence-electron chi connectivity index (χ4n) is 2.00. The number of imide groups is 1. The molecule has 5 heteroatoms. The minimum Gasteiger partial charge on any atom is -0.321 e. The molecule has 1 aliphatic heterocycles. The molecule has 0 aromatic heterocycles. The van der Waals surface area contributed by atoms with E-state index in [9.17, 15) is 14.4 Å². The molecule has 0 bridgehead atoms. The van der Waals surface area contributed by atoms with Gasteiger partial charge < -0.3 is 4.90 Å². The van der Waals surface area contributed by atoms with Crippen molar-refractivity contribution in [2.75, 3.05) is 6.54 Å². The Hall–Kier alpha value is -1.39. The SMILES string of the molecule is CCCCCC(=O)N1CC(=O)NC(=O)C1CC. The second-order valence-corrected chi connectivity index (χ2v) is 4.32. The molecular weight excluding hydrogens is 220 g/mol. The number of piperazine rings is 1. The van der Waals surface area contributed by atoms with Crippen molar-refractivity contribution in [3.05, 3.63) is 0 Å². The van der Waals surface area contributed by atoms with Crippen molar-refractivity contribution in [1.29, 1.82) is 0 Å². The molecule has 5 nitrogen and oxygen atoms in total. The third kappa shape index (κ3) is 3.54. The molecule has 1 fully saturated rings. The fourth-order valence-corrected chi connectivity index (χ4v) is 2.00. The number of carbonyl (C=O) groups excluding carboxylic acids is 3. The van der Waals surface area contributed by atoms with Crippen LogP contribution in [-0.4, -0.2) is 35.2 Å². The highest BCUT2D eigenvalue weighted by molar-refractivity contribution is 6.04. The summed E-state index contributed by atoms with van der Waals surface area (Å²) in [5.41, 5.74) is 0. The van der Waals surface area contributed by atoms with Gasteiger partial charge in [0.25, 0.3) is 0 Å². The number of nitrogens with zero attached hydrogens (tertiary/aromatic N) is 1. The normalized spacial score (nSPS) is 20.4. The van der Waals surface area contributed by atoms with E-state index in [-0.39, 0.29) is 24.3 Å². The lowest BCUT2D eigenvalue weighted by atomic mass is 10.1. The number of nitrogens with one attached hydrogen (secondary N) is 1. The number of amides is 3. The topological polar surface area (TPSA) is 66.5 Å². The van der Waals surface area contributed by atoms with Crippen LogP contribution in [0.3, 0.4) is 0 Å². The quantitative estimate of drug-likeness (QED) is 0.571. The van der Waals surface area contributed by atoms with Gasteiger partial charge >= 0.3 is 0 Å². The highest BCUT2D eigenvalue weighted by Crippen LogP contribution is 2.12. The average molecular weight is 240 g/mol. The minimum atomic E-state index is -0.484. The molecular formula is C12H20N2O3. The van der Waals surface area contributed by atoms with Gasteiger partial charge in [-0.05, 0) is 12.8 Å². The van der Waals surface area contributed by atoms with E-state index < -0.39 is 6.04 Å². The van der Waals surface area contributed by atoms with Gasteiger partial charge in [0.05, 0.1) is 0 Å². The van der Waals surface area contributed by atoms with Crippen molar-refractivity contribution in [2.45, 2.75) is 52.0 Å². The summed E-state index contributed by atoms with van der Waals surface area (Å²) in [5, 5.41) is 2.26. The molecule has 96 valence electrons. The Morgan fingerprint density at radius 2 is 2.06 bits per heavy atom. The smallest absolute Gasteiger partial charge is 0.249 e. The Kier molecular flexibility index (Phi) is 5.12. The summed E-state index contributed by atoms with van der Waals surface area (Å²) in [4.78, 5) is 36.1. The van der Waals surface area contributed by atoms with Crippen LogP contribution in [0.1, 0.15) is 46.0 Å². The molecule has 1 aliphatic rings. The molecule has 0 saturated carbocycles. The molecule has 0 radical (unpaired) electrons. The molecule has 0 aromatic carbocycles. The average Bonchev–Trinajstić information content (AvgIpc) is 2.28. The van der Waals surface area contributed by atoms with Crippen molar-refractivity contribution >= 4 is 17.7 Å². The van der Waals surface area contributed by atoms with Crippen LogP contribution in [0.25, 0.3) is 0 Å². The number of unbranched alkanes of at least 4 members (excludes halogenated alkanes) is 2. The highest BCUT2D eigenvalue weighted by atomic mass is 16.2. The molecule has 0 aliphatic carbocycles. The predicted octanol–water partition coefficient (Wildman–Crippen LogP) is 0.830. The van der Waals surface area contributed by atoms with Crippen LogP contribution in [0.5, 0.6) is 0 Å². The van der Waals surface area contributed by atoms with Crippen LogP contribution in [0, 0.1) is 0 Å². The lowest BCUT2D eigenvalue weighted by Gasteiger charge is -2.33. The monoisotopic (exact) mass is 240 g/mol. The van der Waals surface area contributed by atoms with E-state index in [1.54, 1.807) is 0 Å². The van der Waals surface area contributed by atoms with Gasteiger partial charge in [-0.25, -0.2) is 0 Å². The second kappa shape index (κ2) is 6.37. The zero-order chi connectivity index (χ0) is 12.8. The molecule has 3 amide bonds. The minimum absolute atomic E-state index is 0.00913. The standard InChI is InChI=1S/C12H20N2O3/c1-3-5-6-7-11(16)14-8-10(15)13-12(17)9(14)4-2/h9H,3-8H2,1-2H3,(H,13,15,17). The Morgan fingerprint density at radius 1 is 1.35 bits per heavy atom. The van der Waals surface area contributed by atoms with Crippen molar-refractivity contribution < 1.29 is 14.4 Å². The van der Waals surface area contributed by atoms with Crippen molar-refractivity contribution in [1.82, 2.24) is 10.2 Å². The number of hydrogen-bond donors (Lipinski definition) is 1. The van der Waals surface area contributed by atoms with Gasteiger partial charge in [0, 0.05) is 6.42 Å². The molecule has 1 saturated heterocycles. The first kappa shape index (κ1) is 13.7. The lowest BCUT2D eigenvalue weighted by molar-refractivity contribution is -0.150. The molecule has 1 rings (SSSR count). The molecule has 1 atom stereocenters. The summed E-state index contributed by atoms with van der Waals surface area (Å²) < 4.78 is 0. The maximum Gasteiger partial charge on any atom is 0.249 e. The van der Waals surface area contributed by atoms with Crippen molar-refractivity contribution in [3.63, 3.8) is 0 Å². The van der Waals surface area contributed by atoms with Gasteiger partial charge in [-0.15, -0.1) is 0 Å². The van der Waals surface area contributed by atoms with E-state index in [1.807, 2.05) is 6.92 Å². The van der Waals surface area contributed by atoms with Crippen LogP contribution < -0.4 is 5.32 Å². The van der Waals surface area contributed by atoms with Gasteiger partial charge in [0.2, 0.25) is 17.7 Å². The van der Waals surface area contributed by atoms with Gasteiger partial charge in [0.15, 0.2) is 0 Å². The zero-order valence-electron chi connectivity index (χ0n) is 10.5. The summed E-state index contributed by atoms with van der Waals surface area (Å²) in [6.07, 6.45) is 3.82. The summed E-state index contributed by atoms with van der Waals surface area (Å²) in [5.74, 6) is -0.829. The summed E-state index contributed by atoms with van der Waals surface area (Å²) >= 11 is 0. The van der Waals surface area contributed by atoms with E-state index in [0.717, 1.165) is 19.3 Å². The number of carbonyl (C=O) groups is 3. The first-order chi connectivity index (χ1) is 8.10. The summed E-state index contributed by atoms with van der Waals surface area (Å²) in [7, 11) is 0. The Balaban J connectivity index is 2.61. The third-order valence-corrected chi connectivity index (χ3v) is 2.96. The zero-order valence-corrected chi connectivity index (χ0v) is 10.5. The second-order valence-electron chi connectivity index (χ2n) is 4.32. The van der Waals surface area contributed by atoms with Gasteiger partial charge in [-0.2, -0.15) is 0 Å². The lowest BCUT2D eigenvalue weighted by Crippen LogP contribution is -2.59. The Morgan fingerprint density at radius 3 is 2.65 bits per heavy atom. The van der Waals surface area contributed by atoms with Gasteiger partial charge in [-0.1, -0.05) is 26.7 Å². The first-order valence-corrected chi connectivity index (χ1v) is 6.23. The molecule has 1 unspecified atom stereocenters. The molecule has 0 spiro atoms. The molecule has 0 aromatic rings. The van der Waals surface area contributed by atoms with E-state index in [2.05, 4.69) is 12.2 Å². The van der Waals surface area contributed by atoms with Gasteiger partial charge in [-0.3, -0.25) is 19.7 Å². The molecule has 17 heavy (non-hydrogen) atoms. The Bertz CT molecular complexity index is 315. The number of hydrogen-bond acceptors (Lipinski definition) is 3. The summed E-state index contributed by atoms with van der Waals surface area (Å²) in [6, 6.07) is -0.484.